The second-order valence-electron chi connectivity index (χ2n) is 11.7. The van der Waals surface area contributed by atoms with E-state index in [0.717, 1.165) is 47.9 Å². The molecule has 14 heteroatoms. The summed E-state index contributed by atoms with van der Waals surface area (Å²) in [6.45, 7) is 3.59. The molecule has 0 radical (unpaired) electrons. The first-order valence-electron chi connectivity index (χ1n) is 15.7. The number of nitrogens with one attached hydrogen (secondary N) is 2. The number of aryl methyl sites for hydroxylation is 1. The van der Waals surface area contributed by atoms with E-state index in [9.17, 15) is 31.8 Å². The van der Waals surface area contributed by atoms with Crippen LogP contribution in [0.25, 0.3) is 0 Å². The normalized spacial score (nSPS) is 14.8. The molecule has 3 aromatic carbocycles. The van der Waals surface area contributed by atoms with Crippen LogP contribution in [0.3, 0.4) is 0 Å². The lowest BCUT2D eigenvalue weighted by molar-refractivity contribution is -0.143. The zero-order valence-corrected chi connectivity index (χ0v) is 28.3. The van der Waals surface area contributed by atoms with Gasteiger partial charge < -0.3 is 25.3 Å². The van der Waals surface area contributed by atoms with Crippen molar-refractivity contribution in [1.82, 2.24) is 5.32 Å². The molecule has 1 fully saturated rings. The number of piperidine rings is 1. The lowest BCUT2D eigenvalue weighted by Crippen LogP contribution is -2.43. The number of sulfonamides is 2. The summed E-state index contributed by atoms with van der Waals surface area (Å²) in [7, 11) is -7.50. The van der Waals surface area contributed by atoms with E-state index in [0.29, 0.717) is 24.8 Å². The van der Waals surface area contributed by atoms with Gasteiger partial charge in [0.1, 0.15) is 5.75 Å². The van der Waals surface area contributed by atoms with Crippen LogP contribution in [-0.2, 0) is 36.1 Å². The maximum Gasteiger partial charge on any atom is 0.334 e. The minimum atomic E-state index is -3.90. The van der Waals surface area contributed by atoms with Crippen LogP contribution in [0, 0.1) is 0 Å². The van der Waals surface area contributed by atoms with E-state index in [-0.39, 0.29) is 41.9 Å². The number of aliphatic hydroxyl groups is 1. The van der Waals surface area contributed by atoms with Gasteiger partial charge in [0.25, 0.3) is 10.0 Å². The first-order chi connectivity index (χ1) is 22.3. The fourth-order valence-electron chi connectivity index (χ4n) is 5.27. The number of aliphatic hydroxyl groups excluding tert-OH is 1. The van der Waals surface area contributed by atoms with Crippen LogP contribution in [0.4, 0.5) is 17.1 Å². The molecule has 1 atom stereocenters. The molecule has 1 aliphatic rings. The van der Waals surface area contributed by atoms with Crippen molar-refractivity contribution in [2.45, 2.75) is 57.6 Å². The smallest absolute Gasteiger partial charge is 0.334 e. The summed E-state index contributed by atoms with van der Waals surface area (Å²) in [5.74, 6) is -1.00. The predicted molar refractivity (Wildman–Crippen MR) is 183 cm³/mol. The Balaban J connectivity index is 1.33. The van der Waals surface area contributed by atoms with Crippen molar-refractivity contribution in [2.75, 3.05) is 45.7 Å². The zero-order chi connectivity index (χ0) is 34.0. The number of aromatic hydroxyl groups is 1. The van der Waals surface area contributed by atoms with Crippen molar-refractivity contribution in [1.29, 1.82) is 0 Å². The molecule has 0 saturated carbocycles. The molecule has 3 aromatic rings. The van der Waals surface area contributed by atoms with E-state index in [1.54, 1.807) is 18.2 Å². The molecular weight excluding hydrogens is 645 g/mol. The number of nitrogens with zero attached hydrogens (tertiary/aromatic N) is 2. The summed E-state index contributed by atoms with van der Waals surface area (Å²) in [5.41, 5.74) is 2.59. The fourth-order valence-corrected chi connectivity index (χ4v) is 7.30. The maximum absolute atomic E-state index is 13.2. The average Bonchev–Trinajstić information content (AvgIpc) is 3.05. The first kappa shape index (κ1) is 36.0. The SMILES string of the molecule is CCCCS(=O)(=O)N(OC(=O)CCc1ccccc1)c1ccc(N2CCC(NC[C@H](O)c3ccc(O)c(NS(C)(=O)=O)c3)CC2)cc1. The number of phenolic OH excluding ortho intramolecular Hbond substituents is 1. The zero-order valence-electron chi connectivity index (χ0n) is 26.7. The highest BCUT2D eigenvalue weighted by Gasteiger charge is 2.27. The number of rotatable bonds is 16. The molecule has 47 heavy (non-hydrogen) atoms. The molecule has 0 spiro atoms. The third-order valence-electron chi connectivity index (χ3n) is 7.88. The molecule has 256 valence electrons. The molecular formula is C33H44N4O8S2. The highest BCUT2D eigenvalue weighted by molar-refractivity contribution is 7.92. The van der Waals surface area contributed by atoms with Gasteiger partial charge in [-0.1, -0.05) is 54.2 Å². The Morgan fingerprint density at radius 1 is 1.02 bits per heavy atom. The highest BCUT2D eigenvalue weighted by Crippen LogP contribution is 2.29. The predicted octanol–water partition coefficient (Wildman–Crippen LogP) is 4.08. The Morgan fingerprint density at radius 3 is 2.34 bits per heavy atom. The number of benzene rings is 3. The number of hydrogen-bond donors (Lipinski definition) is 4. The summed E-state index contributed by atoms with van der Waals surface area (Å²) >= 11 is 0. The molecule has 4 N–H and O–H groups in total. The topological polar surface area (TPSA) is 166 Å². The van der Waals surface area contributed by atoms with Crippen LogP contribution in [-0.4, -0.2) is 70.7 Å². The first-order valence-corrected chi connectivity index (χ1v) is 19.2. The Labute approximate surface area is 277 Å². The number of phenols is 1. The minimum absolute atomic E-state index is 0.00581. The Morgan fingerprint density at radius 2 is 1.70 bits per heavy atom. The molecule has 12 nitrogen and oxygen atoms in total. The summed E-state index contributed by atoms with van der Waals surface area (Å²) in [6, 6.07) is 20.8. The van der Waals surface area contributed by atoms with Crippen molar-refractivity contribution in [2.24, 2.45) is 0 Å². The van der Waals surface area contributed by atoms with Crippen LogP contribution in [0.2, 0.25) is 0 Å². The standard InChI is InChI=1S/C33H44N4O8S2/c1-3-4-22-47(43,44)37(45-33(40)17-10-25-8-6-5-7-9-25)29-14-12-28(13-15-29)36-20-18-27(19-21-36)34-24-32(39)26-11-16-31(38)30(23-26)35-46(2,41)42/h5-9,11-16,23,27,32,34-35,38-39H,3-4,10,17-22,24H2,1-2H3/t32-/m0/s1. The van der Waals surface area contributed by atoms with Gasteiger partial charge in [-0.25, -0.2) is 21.6 Å². The molecule has 1 aliphatic heterocycles. The van der Waals surface area contributed by atoms with Crippen molar-refractivity contribution in [3.8, 4) is 5.75 Å². The molecule has 4 rings (SSSR count). The summed E-state index contributed by atoms with van der Waals surface area (Å²) in [4.78, 5) is 20.4. The van der Waals surface area contributed by atoms with Crippen LogP contribution < -0.4 is 19.4 Å². The average molecular weight is 689 g/mol. The van der Waals surface area contributed by atoms with Crippen molar-refractivity contribution >= 4 is 43.1 Å². The third-order valence-corrected chi connectivity index (χ3v) is 10.1. The van der Waals surface area contributed by atoms with Gasteiger partial charge in [-0.15, -0.1) is 0 Å². The van der Waals surface area contributed by atoms with Gasteiger partial charge in [0.2, 0.25) is 10.0 Å². The van der Waals surface area contributed by atoms with Gasteiger partial charge in [0, 0.05) is 31.4 Å². The van der Waals surface area contributed by atoms with Crippen LogP contribution >= 0.6 is 0 Å². The molecule has 0 unspecified atom stereocenters. The Kier molecular flexibility index (Phi) is 12.5. The molecule has 0 aliphatic carbocycles. The lowest BCUT2D eigenvalue weighted by atomic mass is 10.0. The summed E-state index contributed by atoms with van der Waals surface area (Å²) in [6.07, 6.45) is 3.25. The number of carbonyl (C=O) groups excluding carboxylic acids is 1. The van der Waals surface area contributed by atoms with E-state index in [1.165, 1.54) is 12.1 Å². The number of anilines is 3. The second kappa shape index (κ2) is 16.3. The monoisotopic (exact) mass is 688 g/mol. The van der Waals surface area contributed by atoms with Gasteiger partial charge in [0.05, 0.1) is 35.9 Å². The van der Waals surface area contributed by atoms with Gasteiger partial charge in [-0.2, -0.15) is 0 Å². The summed E-state index contributed by atoms with van der Waals surface area (Å²) in [5, 5.41) is 24.0. The van der Waals surface area contributed by atoms with Crippen LogP contribution in [0.15, 0.2) is 72.8 Å². The second-order valence-corrected chi connectivity index (χ2v) is 15.4. The number of hydrogen-bond acceptors (Lipinski definition) is 10. The largest absolute Gasteiger partial charge is 0.506 e. The fraction of sp³-hybridized carbons (Fsp3) is 0.424. The van der Waals surface area contributed by atoms with Crippen molar-refractivity contribution in [3.63, 3.8) is 0 Å². The highest BCUT2D eigenvalue weighted by atomic mass is 32.2. The minimum Gasteiger partial charge on any atom is -0.506 e. The van der Waals surface area contributed by atoms with Gasteiger partial charge in [0.15, 0.2) is 0 Å². The summed E-state index contributed by atoms with van der Waals surface area (Å²) < 4.78 is 52.5. The molecule has 1 heterocycles. The number of unbranched alkanes of at least 4 members (excludes halogenated alkanes) is 1. The van der Waals surface area contributed by atoms with Gasteiger partial charge in [-0.05, 0) is 73.2 Å². The van der Waals surface area contributed by atoms with Gasteiger partial charge >= 0.3 is 5.97 Å². The lowest BCUT2D eigenvalue weighted by Gasteiger charge is -2.34. The van der Waals surface area contributed by atoms with Crippen molar-refractivity contribution in [3.05, 3.63) is 83.9 Å². The Hall–Kier alpha value is -3.85. The van der Waals surface area contributed by atoms with E-state index in [4.69, 9.17) is 4.84 Å². The van der Waals surface area contributed by atoms with Crippen LogP contribution in [0.1, 0.15) is 56.3 Å². The van der Waals surface area contributed by atoms with E-state index >= 15 is 0 Å². The Bertz CT molecular complexity index is 1680. The molecule has 0 aromatic heterocycles. The van der Waals surface area contributed by atoms with E-state index < -0.39 is 32.1 Å². The molecule has 1 saturated heterocycles. The van der Waals surface area contributed by atoms with E-state index in [2.05, 4.69) is 14.9 Å². The van der Waals surface area contributed by atoms with Crippen LogP contribution in [0.5, 0.6) is 5.75 Å². The van der Waals surface area contributed by atoms with Crippen molar-refractivity contribution < 1.29 is 36.7 Å². The third kappa shape index (κ3) is 10.8. The van der Waals surface area contributed by atoms with E-state index in [1.807, 2.05) is 49.4 Å². The van der Waals surface area contributed by atoms with Gasteiger partial charge in [-0.3, -0.25) is 4.72 Å². The maximum atomic E-state index is 13.2. The quantitative estimate of drug-likeness (QED) is 0.127. The molecule has 0 amide bonds. The number of carbonyl (C=O) groups is 1. The molecule has 0 bridgehead atoms.